The van der Waals surface area contributed by atoms with Crippen LogP contribution in [-0.4, -0.2) is 24.8 Å². The highest BCUT2D eigenvalue weighted by atomic mass is 127. The van der Waals surface area contributed by atoms with E-state index in [-0.39, 0.29) is 0 Å². The minimum Gasteiger partial charge on any atom is -0.369 e. The van der Waals surface area contributed by atoms with Crippen LogP contribution in [0.15, 0.2) is 24.3 Å². The van der Waals surface area contributed by atoms with Crippen LogP contribution in [0.1, 0.15) is 0 Å². The molecule has 0 radical (unpaired) electrons. The third-order valence-corrected chi connectivity index (χ3v) is 2.89. The van der Waals surface area contributed by atoms with E-state index in [0.29, 0.717) is 11.8 Å². The Morgan fingerprint density at radius 3 is 2.29 bits per heavy atom. The van der Waals surface area contributed by atoms with Gasteiger partial charge in [0.2, 0.25) is 0 Å². The second-order valence-electron chi connectivity index (χ2n) is 2.84. The van der Waals surface area contributed by atoms with E-state index < -0.39 is 0 Å². The topological polar surface area (TPSA) is 3.24 Å². The van der Waals surface area contributed by atoms with Gasteiger partial charge in [0, 0.05) is 34.1 Å². The summed E-state index contributed by atoms with van der Waals surface area (Å²) < 4.78 is 1.23. The second kappa shape index (κ2) is 6.75. The van der Waals surface area contributed by atoms with Crippen molar-refractivity contribution in [2.45, 2.75) is 0 Å². The molecule has 0 spiro atoms. The maximum Gasteiger partial charge on any atom is 0.0399 e. The van der Waals surface area contributed by atoms with Crippen molar-refractivity contribution in [3.8, 4) is 0 Å². The molecule has 78 valence electrons. The van der Waals surface area contributed by atoms with Crippen molar-refractivity contribution < 1.29 is 0 Å². The van der Waals surface area contributed by atoms with Gasteiger partial charge in [-0.1, -0.05) is 6.07 Å². The predicted molar refractivity (Wildman–Crippen MR) is 72.8 cm³/mol. The van der Waals surface area contributed by atoms with Crippen LogP contribution in [-0.2, 0) is 0 Å². The fourth-order valence-corrected chi connectivity index (χ4v) is 2.18. The van der Waals surface area contributed by atoms with Crippen molar-refractivity contribution in [2.75, 3.05) is 29.7 Å². The van der Waals surface area contributed by atoms with E-state index in [4.69, 9.17) is 23.2 Å². The first-order valence-corrected chi connectivity index (χ1v) is 6.55. The third kappa shape index (κ3) is 3.83. The average molecular weight is 344 g/mol. The van der Waals surface area contributed by atoms with Crippen LogP contribution in [0.2, 0.25) is 0 Å². The maximum absolute atomic E-state index is 5.74. The van der Waals surface area contributed by atoms with Crippen LogP contribution in [0.5, 0.6) is 0 Å². The summed E-state index contributed by atoms with van der Waals surface area (Å²) in [6.07, 6.45) is 0. The number of rotatable bonds is 5. The molecule has 0 bridgehead atoms. The molecule has 0 aliphatic rings. The molecule has 1 nitrogen and oxygen atoms in total. The summed E-state index contributed by atoms with van der Waals surface area (Å²) in [5, 5.41) is 0. The van der Waals surface area contributed by atoms with Gasteiger partial charge in [-0.3, -0.25) is 0 Å². The molecular formula is C10H12Cl2IN. The third-order valence-electron chi connectivity index (χ3n) is 1.88. The lowest BCUT2D eigenvalue weighted by Crippen LogP contribution is -2.27. The summed E-state index contributed by atoms with van der Waals surface area (Å²) in [5.74, 6) is 1.25. The number of nitrogens with zero attached hydrogens (tertiary/aromatic N) is 1. The lowest BCUT2D eigenvalue weighted by atomic mass is 10.3. The van der Waals surface area contributed by atoms with Gasteiger partial charge in [-0.15, -0.1) is 23.2 Å². The molecule has 0 amide bonds. The summed E-state index contributed by atoms with van der Waals surface area (Å²) >= 11 is 13.8. The van der Waals surface area contributed by atoms with Crippen molar-refractivity contribution in [3.05, 3.63) is 27.8 Å². The van der Waals surface area contributed by atoms with Crippen LogP contribution in [0.25, 0.3) is 0 Å². The number of hydrogen-bond acceptors (Lipinski definition) is 1. The van der Waals surface area contributed by atoms with E-state index >= 15 is 0 Å². The molecule has 0 aliphatic carbocycles. The fourth-order valence-electron chi connectivity index (χ4n) is 1.25. The van der Waals surface area contributed by atoms with Gasteiger partial charge in [-0.25, -0.2) is 0 Å². The van der Waals surface area contributed by atoms with Crippen molar-refractivity contribution in [2.24, 2.45) is 0 Å². The smallest absolute Gasteiger partial charge is 0.0399 e. The Hall–Kier alpha value is 0.330. The number of hydrogen-bond donors (Lipinski definition) is 0. The van der Waals surface area contributed by atoms with E-state index in [1.807, 2.05) is 6.07 Å². The van der Waals surface area contributed by atoms with Crippen molar-refractivity contribution in [1.29, 1.82) is 0 Å². The van der Waals surface area contributed by atoms with Gasteiger partial charge in [0.05, 0.1) is 0 Å². The largest absolute Gasteiger partial charge is 0.369 e. The molecule has 14 heavy (non-hydrogen) atoms. The highest BCUT2D eigenvalue weighted by molar-refractivity contribution is 14.1. The summed E-state index contributed by atoms with van der Waals surface area (Å²) in [7, 11) is 0. The van der Waals surface area contributed by atoms with Crippen LogP contribution in [0, 0.1) is 3.57 Å². The maximum atomic E-state index is 5.74. The normalized spacial score (nSPS) is 10.2. The Balaban J connectivity index is 2.75. The highest BCUT2D eigenvalue weighted by Crippen LogP contribution is 2.17. The fraction of sp³-hybridized carbons (Fsp3) is 0.400. The summed E-state index contributed by atoms with van der Waals surface area (Å²) in [5.41, 5.74) is 1.19. The zero-order chi connectivity index (χ0) is 10.4. The van der Waals surface area contributed by atoms with Crippen molar-refractivity contribution in [3.63, 3.8) is 0 Å². The van der Waals surface area contributed by atoms with E-state index in [9.17, 15) is 0 Å². The molecule has 4 heteroatoms. The van der Waals surface area contributed by atoms with Gasteiger partial charge in [-0.05, 0) is 40.8 Å². The molecule has 0 N–H and O–H groups in total. The Morgan fingerprint density at radius 1 is 1.14 bits per heavy atom. The Labute approximate surface area is 109 Å². The molecule has 0 aliphatic heterocycles. The summed E-state index contributed by atoms with van der Waals surface area (Å²) in [6.45, 7) is 1.68. The van der Waals surface area contributed by atoms with Crippen molar-refractivity contribution >= 4 is 51.5 Å². The molecule has 1 aromatic carbocycles. The van der Waals surface area contributed by atoms with Gasteiger partial charge in [0.25, 0.3) is 0 Å². The zero-order valence-electron chi connectivity index (χ0n) is 7.72. The van der Waals surface area contributed by atoms with E-state index in [2.05, 4.69) is 45.7 Å². The summed E-state index contributed by atoms with van der Waals surface area (Å²) in [6, 6.07) is 8.34. The molecule has 0 saturated carbocycles. The molecule has 1 aromatic rings. The van der Waals surface area contributed by atoms with Gasteiger partial charge in [0.15, 0.2) is 0 Å². The van der Waals surface area contributed by atoms with Crippen LogP contribution < -0.4 is 4.90 Å². The molecule has 0 fully saturated rings. The van der Waals surface area contributed by atoms with E-state index in [1.54, 1.807) is 0 Å². The molecule has 0 heterocycles. The van der Waals surface area contributed by atoms with Gasteiger partial charge < -0.3 is 4.90 Å². The predicted octanol–water partition coefficient (Wildman–Crippen LogP) is 3.58. The molecule has 0 unspecified atom stereocenters. The first-order chi connectivity index (χ1) is 6.77. The minimum absolute atomic E-state index is 0.627. The second-order valence-corrected chi connectivity index (χ2v) is 4.85. The molecule has 0 atom stereocenters. The Morgan fingerprint density at radius 2 is 1.79 bits per heavy atom. The monoisotopic (exact) mass is 343 g/mol. The summed E-state index contributed by atoms with van der Waals surface area (Å²) in [4.78, 5) is 2.20. The van der Waals surface area contributed by atoms with Crippen molar-refractivity contribution in [1.82, 2.24) is 0 Å². The number of benzene rings is 1. The van der Waals surface area contributed by atoms with E-state index in [0.717, 1.165) is 13.1 Å². The van der Waals surface area contributed by atoms with Crippen LogP contribution >= 0.6 is 45.8 Å². The molecular weight excluding hydrogens is 332 g/mol. The van der Waals surface area contributed by atoms with Gasteiger partial charge in [-0.2, -0.15) is 0 Å². The standard InChI is InChI=1S/C10H12Cl2IN/c11-4-6-14(7-5-12)10-3-1-2-9(13)8-10/h1-3,8H,4-7H2. The van der Waals surface area contributed by atoms with Crippen LogP contribution in [0.3, 0.4) is 0 Å². The Kier molecular flexibility index (Phi) is 5.98. The first-order valence-electron chi connectivity index (χ1n) is 4.40. The lowest BCUT2D eigenvalue weighted by Gasteiger charge is -2.22. The lowest BCUT2D eigenvalue weighted by molar-refractivity contribution is 0.873. The Bertz CT molecular complexity index is 275. The number of alkyl halides is 2. The zero-order valence-corrected chi connectivity index (χ0v) is 11.4. The van der Waals surface area contributed by atoms with Crippen LogP contribution in [0.4, 0.5) is 5.69 Å². The number of anilines is 1. The average Bonchev–Trinajstić information content (AvgIpc) is 2.17. The number of halogens is 3. The SMILES string of the molecule is ClCCN(CCCl)c1cccc(I)c1. The highest BCUT2D eigenvalue weighted by Gasteiger charge is 2.04. The molecule has 1 rings (SSSR count). The van der Waals surface area contributed by atoms with E-state index in [1.165, 1.54) is 9.26 Å². The van der Waals surface area contributed by atoms with Gasteiger partial charge >= 0.3 is 0 Å². The quantitative estimate of drug-likeness (QED) is 0.583. The van der Waals surface area contributed by atoms with Gasteiger partial charge in [0.1, 0.15) is 0 Å². The molecule has 0 saturated heterocycles. The first kappa shape index (κ1) is 12.4. The minimum atomic E-state index is 0.627. The molecule has 0 aromatic heterocycles.